The fraction of sp³-hybridized carbons (Fsp3) is 0.0556. The van der Waals surface area contributed by atoms with Gasteiger partial charge in [-0.3, -0.25) is 4.79 Å². The van der Waals surface area contributed by atoms with Gasteiger partial charge in [0.25, 0.3) is 5.91 Å². The van der Waals surface area contributed by atoms with Crippen molar-refractivity contribution >= 4 is 34.8 Å². The second-order valence-electron chi connectivity index (χ2n) is 5.31. The van der Waals surface area contributed by atoms with Gasteiger partial charge in [-0.2, -0.15) is 0 Å². The summed E-state index contributed by atoms with van der Waals surface area (Å²) in [5, 5.41) is 6.05. The minimum Gasteiger partial charge on any atom is -0.322 e. The van der Waals surface area contributed by atoms with Gasteiger partial charge in [0.15, 0.2) is 0 Å². The molecular weight excluding hydrogens is 343 g/mol. The summed E-state index contributed by atoms with van der Waals surface area (Å²) < 4.78 is 13.6. The first kappa shape index (κ1) is 16.9. The number of aromatic nitrogens is 2. The molecule has 0 aliphatic heterocycles. The molecule has 1 amide bonds. The van der Waals surface area contributed by atoms with Crippen LogP contribution in [0.1, 0.15) is 15.9 Å². The van der Waals surface area contributed by atoms with Crippen molar-refractivity contribution in [3.05, 3.63) is 76.8 Å². The normalized spacial score (nSPS) is 10.4. The third kappa shape index (κ3) is 4.10. The maximum atomic E-state index is 13.6. The highest BCUT2D eigenvalue weighted by Gasteiger charge is 2.10. The number of nitrogens with zero attached hydrogens (tertiary/aromatic N) is 2. The quantitative estimate of drug-likeness (QED) is 0.718. The lowest BCUT2D eigenvalue weighted by atomic mass is 10.2. The maximum Gasteiger partial charge on any atom is 0.258 e. The van der Waals surface area contributed by atoms with Crippen molar-refractivity contribution in [1.29, 1.82) is 0 Å². The van der Waals surface area contributed by atoms with E-state index in [0.717, 1.165) is 5.56 Å². The van der Waals surface area contributed by atoms with E-state index in [9.17, 15) is 9.18 Å². The third-order valence-electron chi connectivity index (χ3n) is 3.48. The zero-order chi connectivity index (χ0) is 17.8. The van der Waals surface area contributed by atoms with Gasteiger partial charge in [-0.25, -0.2) is 14.4 Å². The van der Waals surface area contributed by atoms with E-state index in [4.69, 9.17) is 11.6 Å². The van der Waals surface area contributed by atoms with Crippen LogP contribution in [-0.4, -0.2) is 15.9 Å². The van der Waals surface area contributed by atoms with Gasteiger partial charge in [-0.15, -0.1) is 0 Å². The summed E-state index contributed by atoms with van der Waals surface area (Å²) in [5.74, 6) is -0.576. The van der Waals surface area contributed by atoms with Crippen LogP contribution in [-0.2, 0) is 0 Å². The van der Waals surface area contributed by atoms with E-state index in [2.05, 4.69) is 20.6 Å². The second-order valence-corrected chi connectivity index (χ2v) is 5.75. The first-order valence-corrected chi connectivity index (χ1v) is 7.82. The Bertz CT molecular complexity index is 915. The smallest absolute Gasteiger partial charge is 0.258 e. The van der Waals surface area contributed by atoms with E-state index in [1.54, 1.807) is 30.3 Å². The molecule has 0 atom stereocenters. The van der Waals surface area contributed by atoms with E-state index in [-0.39, 0.29) is 23.1 Å². The molecule has 0 bridgehead atoms. The number of hydrogen-bond donors (Lipinski definition) is 2. The maximum absolute atomic E-state index is 13.6. The molecule has 0 saturated heterocycles. The Morgan fingerprint density at radius 3 is 2.52 bits per heavy atom. The summed E-state index contributed by atoms with van der Waals surface area (Å²) in [4.78, 5) is 20.4. The molecule has 7 heteroatoms. The van der Waals surface area contributed by atoms with Crippen LogP contribution in [0.2, 0.25) is 5.02 Å². The number of para-hydroxylation sites is 1. The monoisotopic (exact) mass is 356 g/mol. The number of benzene rings is 2. The number of amides is 1. The lowest BCUT2D eigenvalue weighted by Gasteiger charge is -2.09. The molecular formula is C18H14ClFN4O. The topological polar surface area (TPSA) is 66.9 Å². The molecule has 0 saturated carbocycles. The number of carbonyl (C=O) groups excluding carboxylic acids is 1. The molecule has 5 nitrogen and oxygen atoms in total. The van der Waals surface area contributed by atoms with Crippen LogP contribution in [0.25, 0.3) is 0 Å². The van der Waals surface area contributed by atoms with Crippen molar-refractivity contribution < 1.29 is 9.18 Å². The zero-order valence-corrected chi connectivity index (χ0v) is 14.0. The molecule has 0 spiro atoms. The fourth-order valence-electron chi connectivity index (χ4n) is 2.12. The molecule has 0 fully saturated rings. The second kappa shape index (κ2) is 7.27. The lowest BCUT2D eigenvalue weighted by Crippen LogP contribution is -2.14. The van der Waals surface area contributed by atoms with Crippen molar-refractivity contribution in [2.24, 2.45) is 0 Å². The van der Waals surface area contributed by atoms with Gasteiger partial charge in [-0.1, -0.05) is 29.8 Å². The zero-order valence-electron chi connectivity index (χ0n) is 13.3. The van der Waals surface area contributed by atoms with Crippen LogP contribution in [0.4, 0.5) is 21.7 Å². The minimum absolute atomic E-state index is 0.195. The molecule has 0 unspecified atom stereocenters. The van der Waals surface area contributed by atoms with E-state index >= 15 is 0 Å². The Morgan fingerprint density at radius 2 is 1.80 bits per heavy atom. The highest BCUT2D eigenvalue weighted by molar-refractivity contribution is 6.31. The van der Waals surface area contributed by atoms with Gasteiger partial charge >= 0.3 is 0 Å². The van der Waals surface area contributed by atoms with Crippen LogP contribution in [0.3, 0.4) is 0 Å². The molecule has 0 aliphatic rings. The Balaban J connectivity index is 1.72. The number of nitrogens with one attached hydrogen (secondary N) is 2. The molecule has 2 N–H and O–H groups in total. The van der Waals surface area contributed by atoms with E-state index < -0.39 is 5.82 Å². The van der Waals surface area contributed by atoms with Crippen molar-refractivity contribution in [3.63, 3.8) is 0 Å². The molecule has 3 aromatic rings. The lowest BCUT2D eigenvalue weighted by molar-refractivity contribution is 0.102. The Morgan fingerprint density at radius 1 is 1.08 bits per heavy atom. The molecule has 126 valence electrons. The van der Waals surface area contributed by atoms with Gasteiger partial charge in [0, 0.05) is 23.1 Å². The molecule has 25 heavy (non-hydrogen) atoms. The van der Waals surface area contributed by atoms with Gasteiger partial charge in [0.2, 0.25) is 5.95 Å². The van der Waals surface area contributed by atoms with E-state index in [1.807, 2.05) is 13.0 Å². The Hall–Kier alpha value is -2.99. The molecule has 3 rings (SSSR count). The average Bonchev–Trinajstić information content (AvgIpc) is 2.61. The summed E-state index contributed by atoms with van der Waals surface area (Å²) in [6.45, 7) is 1.86. The van der Waals surface area contributed by atoms with Crippen LogP contribution in [0, 0.1) is 12.7 Å². The third-order valence-corrected chi connectivity index (χ3v) is 3.72. The van der Waals surface area contributed by atoms with Crippen LogP contribution >= 0.6 is 11.6 Å². The van der Waals surface area contributed by atoms with Crippen LogP contribution < -0.4 is 10.6 Å². The first-order chi connectivity index (χ1) is 12.0. The molecule has 2 aromatic carbocycles. The standard InChI is InChI=1S/C18H14ClFN4O/c1-11-6-7-13(19)8-16(11)23-17(25)12-9-21-18(22-10-12)24-15-5-3-2-4-14(15)20/h2-10H,1H3,(H,23,25)(H,21,22,24). The highest BCUT2D eigenvalue weighted by atomic mass is 35.5. The van der Waals surface area contributed by atoms with Gasteiger partial charge in [-0.05, 0) is 36.8 Å². The van der Waals surface area contributed by atoms with Crippen LogP contribution in [0.15, 0.2) is 54.9 Å². The first-order valence-electron chi connectivity index (χ1n) is 7.44. The average molecular weight is 357 g/mol. The van der Waals surface area contributed by atoms with Crippen molar-refractivity contribution in [2.75, 3.05) is 10.6 Å². The fourth-order valence-corrected chi connectivity index (χ4v) is 2.29. The molecule has 0 aliphatic carbocycles. The van der Waals surface area contributed by atoms with E-state index in [1.165, 1.54) is 18.5 Å². The number of hydrogen-bond acceptors (Lipinski definition) is 4. The summed E-state index contributed by atoms with van der Waals surface area (Å²) in [6, 6.07) is 11.4. The van der Waals surface area contributed by atoms with Crippen molar-refractivity contribution in [1.82, 2.24) is 9.97 Å². The summed E-state index contributed by atoms with van der Waals surface area (Å²) in [5.41, 5.74) is 2.04. The van der Waals surface area contributed by atoms with Crippen molar-refractivity contribution in [3.8, 4) is 0 Å². The van der Waals surface area contributed by atoms with Gasteiger partial charge in [0.1, 0.15) is 5.82 Å². The Kier molecular flexibility index (Phi) is 4.90. The van der Waals surface area contributed by atoms with Gasteiger partial charge in [0.05, 0.1) is 11.3 Å². The summed E-state index contributed by atoms with van der Waals surface area (Å²) in [7, 11) is 0. The number of halogens is 2. The predicted octanol–water partition coefficient (Wildman–Crippen LogP) is 4.57. The molecule has 1 aromatic heterocycles. The molecule has 0 radical (unpaired) electrons. The van der Waals surface area contributed by atoms with Crippen molar-refractivity contribution in [2.45, 2.75) is 6.92 Å². The highest BCUT2D eigenvalue weighted by Crippen LogP contribution is 2.21. The summed E-state index contributed by atoms with van der Waals surface area (Å²) in [6.07, 6.45) is 2.73. The minimum atomic E-state index is -0.413. The van der Waals surface area contributed by atoms with Gasteiger partial charge < -0.3 is 10.6 Å². The SMILES string of the molecule is Cc1ccc(Cl)cc1NC(=O)c1cnc(Nc2ccccc2F)nc1. The Labute approximate surface area is 148 Å². The number of aryl methyl sites for hydroxylation is 1. The molecule has 1 heterocycles. The number of rotatable bonds is 4. The largest absolute Gasteiger partial charge is 0.322 e. The van der Waals surface area contributed by atoms with Crippen LogP contribution in [0.5, 0.6) is 0 Å². The summed E-state index contributed by atoms with van der Waals surface area (Å²) >= 11 is 5.94. The predicted molar refractivity (Wildman–Crippen MR) is 95.9 cm³/mol. The number of carbonyl (C=O) groups is 1. The van der Waals surface area contributed by atoms with E-state index in [0.29, 0.717) is 10.7 Å². The number of anilines is 3.